The lowest BCUT2D eigenvalue weighted by Gasteiger charge is -2.10. The van der Waals surface area contributed by atoms with Gasteiger partial charge in [0.15, 0.2) is 0 Å². The van der Waals surface area contributed by atoms with Crippen LogP contribution in [0, 0.1) is 6.92 Å². The summed E-state index contributed by atoms with van der Waals surface area (Å²) in [5, 5.41) is 3.19. The van der Waals surface area contributed by atoms with E-state index in [0.29, 0.717) is 12.1 Å². The van der Waals surface area contributed by atoms with Crippen LogP contribution in [-0.4, -0.2) is 9.13 Å². The van der Waals surface area contributed by atoms with Gasteiger partial charge in [-0.25, -0.2) is 4.79 Å². The molecule has 0 aliphatic carbocycles. The summed E-state index contributed by atoms with van der Waals surface area (Å²) < 4.78 is 3.53. The molecule has 0 saturated carbocycles. The van der Waals surface area contributed by atoms with E-state index in [9.17, 15) is 9.59 Å². The molecule has 0 atom stereocenters. The number of nitrogens with one attached hydrogen (secondary N) is 1. The maximum atomic E-state index is 12.0. The minimum Gasteiger partial charge on any atom is -0.381 e. The van der Waals surface area contributed by atoms with Gasteiger partial charge in [0, 0.05) is 37.0 Å². The number of aromatic nitrogens is 2. The fourth-order valence-corrected chi connectivity index (χ4v) is 2.28. The minimum atomic E-state index is -0.322. The average molecular weight is 338 g/mol. The third-order valence-electron chi connectivity index (χ3n) is 3.17. The van der Waals surface area contributed by atoms with E-state index in [0.717, 1.165) is 20.3 Å². The molecule has 20 heavy (non-hydrogen) atoms. The molecule has 1 aromatic carbocycles. The normalized spacial score (nSPS) is 10.6. The fourth-order valence-electron chi connectivity index (χ4n) is 1.90. The summed E-state index contributed by atoms with van der Waals surface area (Å²) in [5.41, 5.74) is 2.02. The summed E-state index contributed by atoms with van der Waals surface area (Å²) in [6.07, 6.45) is 1.57. The van der Waals surface area contributed by atoms with Gasteiger partial charge in [0.25, 0.3) is 5.56 Å². The quantitative estimate of drug-likeness (QED) is 0.928. The van der Waals surface area contributed by atoms with Gasteiger partial charge in [-0.15, -0.1) is 0 Å². The van der Waals surface area contributed by atoms with Gasteiger partial charge in [-0.05, 0) is 24.6 Å². The molecular weight excluding hydrogens is 322 g/mol. The Hall–Kier alpha value is -1.82. The first kappa shape index (κ1) is 14.6. The number of rotatable bonds is 3. The van der Waals surface area contributed by atoms with E-state index in [1.807, 2.05) is 25.1 Å². The van der Waals surface area contributed by atoms with Crippen molar-refractivity contribution in [1.29, 1.82) is 0 Å². The maximum Gasteiger partial charge on any atom is 0.330 e. The lowest BCUT2D eigenvalue weighted by molar-refractivity contribution is 0.671. The number of hydrogen-bond acceptors (Lipinski definition) is 3. The van der Waals surface area contributed by atoms with Crippen molar-refractivity contribution in [2.45, 2.75) is 13.5 Å². The Labute approximate surface area is 125 Å². The van der Waals surface area contributed by atoms with Crippen molar-refractivity contribution in [2.24, 2.45) is 14.1 Å². The Morgan fingerprint density at radius 3 is 2.60 bits per heavy atom. The van der Waals surface area contributed by atoms with Crippen LogP contribution in [0.15, 0.2) is 38.5 Å². The van der Waals surface area contributed by atoms with Gasteiger partial charge in [0.1, 0.15) is 0 Å². The molecule has 2 rings (SSSR count). The Morgan fingerprint density at radius 1 is 1.25 bits per heavy atom. The molecule has 0 amide bonds. The Kier molecular flexibility index (Phi) is 4.13. The second kappa shape index (κ2) is 5.66. The molecule has 1 N–H and O–H groups in total. The van der Waals surface area contributed by atoms with Gasteiger partial charge >= 0.3 is 5.69 Å². The van der Waals surface area contributed by atoms with Crippen LogP contribution >= 0.6 is 15.9 Å². The average Bonchev–Trinajstić information content (AvgIpc) is 2.42. The summed E-state index contributed by atoms with van der Waals surface area (Å²) in [5.74, 6) is 0. The van der Waals surface area contributed by atoms with Crippen molar-refractivity contribution in [3.05, 3.63) is 60.8 Å². The molecule has 5 nitrogen and oxygen atoms in total. The molecule has 0 spiro atoms. The lowest BCUT2D eigenvalue weighted by Crippen LogP contribution is -2.38. The van der Waals surface area contributed by atoms with Crippen molar-refractivity contribution in [3.8, 4) is 0 Å². The van der Waals surface area contributed by atoms with Crippen LogP contribution in [0.5, 0.6) is 0 Å². The number of nitrogens with zero attached hydrogens (tertiary/aromatic N) is 2. The number of benzene rings is 1. The van der Waals surface area contributed by atoms with E-state index in [1.54, 1.807) is 13.2 Å². The standard InChI is InChI=1S/C14H16BrN3O2/c1-9-4-5-11(6-12(9)15)16-7-10-8-17(2)14(20)18(3)13(10)19/h4-6,8,16H,7H2,1-3H3. The predicted molar refractivity (Wildman–Crippen MR) is 83.1 cm³/mol. The van der Waals surface area contributed by atoms with Gasteiger partial charge in [-0.2, -0.15) is 0 Å². The monoisotopic (exact) mass is 337 g/mol. The number of hydrogen-bond donors (Lipinski definition) is 1. The molecule has 2 aromatic rings. The highest BCUT2D eigenvalue weighted by Crippen LogP contribution is 2.20. The Balaban J connectivity index is 2.25. The Bertz CT molecular complexity index is 762. The van der Waals surface area contributed by atoms with Crippen LogP contribution in [-0.2, 0) is 20.6 Å². The third kappa shape index (κ3) is 2.85. The van der Waals surface area contributed by atoms with E-state index in [4.69, 9.17) is 0 Å². The van der Waals surface area contributed by atoms with Gasteiger partial charge < -0.3 is 9.88 Å². The first-order valence-electron chi connectivity index (χ1n) is 6.15. The van der Waals surface area contributed by atoms with Crippen LogP contribution in [0.3, 0.4) is 0 Å². The van der Waals surface area contributed by atoms with Gasteiger partial charge in [-0.1, -0.05) is 22.0 Å². The zero-order valence-electron chi connectivity index (χ0n) is 11.6. The second-order valence-corrected chi connectivity index (χ2v) is 5.58. The topological polar surface area (TPSA) is 56.0 Å². The first-order valence-corrected chi connectivity index (χ1v) is 6.95. The summed E-state index contributed by atoms with van der Waals surface area (Å²) in [4.78, 5) is 23.6. The molecule has 6 heteroatoms. The van der Waals surface area contributed by atoms with E-state index in [-0.39, 0.29) is 11.2 Å². The SMILES string of the molecule is Cc1ccc(NCc2cn(C)c(=O)n(C)c2=O)cc1Br. The van der Waals surface area contributed by atoms with E-state index in [1.165, 1.54) is 11.6 Å². The number of halogens is 1. The minimum absolute atomic E-state index is 0.272. The molecule has 0 radical (unpaired) electrons. The van der Waals surface area contributed by atoms with Crippen molar-refractivity contribution in [2.75, 3.05) is 5.32 Å². The van der Waals surface area contributed by atoms with E-state index in [2.05, 4.69) is 21.2 Å². The molecule has 106 valence electrons. The molecule has 1 heterocycles. The molecule has 0 aliphatic heterocycles. The number of aryl methyl sites for hydroxylation is 2. The Morgan fingerprint density at radius 2 is 1.95 bits per heavy atom. The van der Waals surface area contributed by atoms with Gasteiger partial charge in [-0.3, -0.25) is 9.36 Å². The maximum absolute atomic E-state index is 12.0. The van der Waals surface area contributed by atoms with Gasteiger partial charge in [0.2, 0.25) is 0 Å². The second-order valence-electron chi connectivity index (χ2n) is 4.73. The van der Waals surface area contributed by atoms with E-state index >= 15 is 0 Å². The predicted octanol–water partition coefficient (Wildman–Crippen LogP) is 1.77. The van der Waals surface area contributed by atoms with Crippen LogP contribution < -0.4 is 16.6 Å². The molecular formula is C14H16BrN3O2. The molecule has 0 bridgehead atoms. The number of anilines is 1. The fraction of sp³-hybridized carbons (Fsp3) is 0.286. The molecule has 0 aliphatic rings. The highest BCUT2D eigenvalue weighted by atomic mass is 79.9. The first-order chi connectivity index (χ1) is 9.40. The molecule has 0 saturated heterocycles. The van der Waals surface area contributed by atoms with Crippen LogP contribution in [0.4, 0.5) is 5.69 Å². The van der Waals surface area contributed by atoms with Gasteiger partial charge in [0.05, 0.1) is 5.56 Å². The molecule has 0 fully saturated rings. The van der Waals surface area contributed by atoms with Crippen LogP contribution in [0.25, 0.3) is 0 Å². The van der Waals surface area contributed by atoms with Crippen LogP contribution in [0.1, 0.15) is 11.1 Å². The zero-order chi connectivity index (χ0) is 14.9. The van der Waals surface area contributed by atoms with E-state index < -0.39 is 0 Å². The zero-order valence-corrected chi connectivity index (χ0v) is 13.2. The lowest BCUT2D eigenvalue weighted by atomic mass is 10.2. The summed E-state index contributed by atoms with van der Waals surface area (Å²) >= 11 is 3.47. The summed E-state index contributed by atoms with van der Waals surface area (Å²) in [6, 6.07) is 5.90. The van der Waals surface area contributed by atoms with Crippen molar-refractivity contribution < 1.29 is 0 Å². The smallest absolute Gasteiger partial charge is 0.330 e. The highest BCUT2D eigenvalue weighted by Gasteiger charge is 2.06. The van der Waals surface area contributed by atoms with Crippen LogP contribution in [0.2, 0.25) is 0 Å². The van der Waals surface area contributed by atoms with Crippen molar-refractivity contribution in [3.63, 3.8) is 0 Å². The molecule has 1 aromatic heterocycles. The molecule has 0 unspecified atom stereocenters. The summed E-state index contributed by atoms with van der Waals surface area (Å²) in [6.45, 7) is 2.38. The third-order valence-corrected chi connectivity index (χ3v) is 4.03. The van der Waals surface area contributed by atoms with Crippen molar-refractivity contribution in [1.82, 2.24) is 9.13 Å². The van der Waals surface area contributed by atoms with Crippen molar-refractivity contribution >= 4 is 21.6 Å². The highest BCUT2D eigenvalue weighted by molar-refractivity contribution is 9.10. The largest absolute Gasteiger partial charge is 0.381 e. The summed E-state index contributed by atoms with van der Waals surface area (Å²) in [7, 11) is 3.12.